The lowest BCUT2D eigenvalue weighted by Gasteiger charge is -2.37. The Labute approximate surface area is 113 Å². The summed E-state index contributed by atoms with van der Waals surface area (Å²) >= 11 is 1.73. The van der Waals surface area contributed by atoms with Gasteiger partial charge >= 0.3 is 0 Å². The average Bonchev–Trinajstić information content (AvgIpc) is 2.89. The van der Waals surface area contributed by atoms with Crippen molar-refractivity contribution in [2.45, 2.75) is 19.3 Å². The van der Waals surface area contributed by atoms with Crippen LogP contribution in [0, 0.1) is 5.41 Å². The lowest BCUT2D eigenvalue weighted by molar-refractivity contribution is 0.0539. The summed E-state index contributed by atoms with van der Waals surface area (Å²) in [6.45, 7) is 5.13. The van der Waals surface area contributed by atoms with Gasteiger partial charge in [-0.2, -0.15) is 0 Å². The molecule has 0 aliphatic carbocycles. The molecule has 2 rings (SSSR count). The molecule has 0 aromatic carbocycles. The number of piperidine rings is 1. The van der Waals surface area contributed by atoms with Crippen LogP contribution in [0.4, 0.5) is 0 Å². The third-order valence-corrected chi connectivity index (χ3v) is 4.45. The van der Waals surface area contributed by atoms with Crippen LogP contribution in [0.2, 0.25) is 0 Å². The molecule has 0 atom stereocenters. The van der Waals surface area contributed by atoms with Crippen LogP contribution < -0.4 is 10.6 Å². The van der Waals surface area contributed by atoms with E-state index in [1.54, 1.807) is 18.4 Å². The second-order valence-electron chi connectivity index (χ2n) is 5.04. The molecule has 0 unspecified atom stereocenters. The predicted octanol–water partition coefficient (Wildman–Crippen LogP) is 1.29. The maximum Gasteiger partial charge on any atom is 0.0937 e. The van der Waals surface area contributed by atoms with Gasteiger partial charge in [-0.25, -0.2) is 4.98 Å². The molecule has 0 spiro atoms. The van der Waals surface area contributed by atoms with Crippen molar-refractivity contribution in [2.24, 2.45) is 5.41 Å². The van der Waals surface area contributed by atoms with Crippen LogP contribution in [-0.2, 0) is 11.2 Å². The van der Waals surface area contributed by atoms with Crippen molar-refractivity contribution in [1.29, 1.82) is 0 Å². The van der Waals surface area contributed by atoms with Crippen molar-refractivity contribution in [3.05, 3.63) is 16.6 Å². The Bertz CT molecular complexity index is 317. The Morgan fingerprint density at radius 1 is 1.50 bits per heavy atom. The first kappa shape index (κ1) is 13.9. The van der Waals surface area contributed by atoms with Crippen LogP contribution >= 0.6 is 11.3 Å². The maximum absolute atomic E-state index is 5.41. The molecule has 1 saturated heterocycles. The zero-order chi connectivity index (χ0) is 12.7. The van der Waals surface area contributed by atoms with Crippen molar-refractivity contribution >= 4 is 11.3 Å². The lowest BCUT2D eigenvalue weighted by Crippen LogP contribution is -2.46. The quantitative estimate of drug-likeness (QED) is 0.732. The number of thiazole rings is 1. The molecule has 0 radical (unpaired) electrons. The molecule has 1 aliphatic rings. The number of methoxy groups -OCH3 is 1. The van der Waals surface area contributed by atoms with Gasteiger partial charge in [-0.05, 0) is 25.9 Å². The van der Waals surface area contributed by atoms with Gasteiger partial charge in [0.2, 0.25) is 0 Å². The first-order valence-electron chi connectivity index (χ1n) is 6.63. The van der Waals surface area contributed by atoms with Gasteiger partial charge in [0.1, 0.15) is 0 Å². The van der Waals surface area contributed by atoms with E-state index < -0.39 is 0 Å². The van der Waals surface area contributed by atoms with Crippen LogP contribution in [-0.4, -0.2) is 44.9 Å². The maximum atomic E-state index is 5.41. The van der Waals surface area contributed by atoms with Gasteiger partial charge in [0, 0.05) is 43.6 Å². The van der Waals surface area contributed by atoms with E-state index in [0.717, 1.165) is 39.2 Å². The molecule has 0 saturated carbocycles. The summed E-state index contributed by atoms with van der Waals surface area (Å²) < 4.78 is 5.41. The second kappa shape index (κ2) is 7.19. The Hall–Kier alpha value is -0.490. The standard InChI is InChI=1S/C13H23N3OS/c1-17-11-13(3-6-14-7-4-13)10-15-5-2-12-16-8-9-18-12/h8-9,14-15H,2-7,10-11H2,1H3. The highest BCUT2D eigenvalue weighted by atomic mass is 32.1. The van der Waals surface area contributed by atoms with Crippen LogP contribution in [0.15, 0.2) is 11.6 Å². The molecule has 1 fully saturated rings. The predicted molar refractivity (Wildman–Crippen MR) is 75.1 cm³/mol. The number of aromatic nitrogens is 1. The summed E-state index contributed by atoms with van der Waals surface area (Å²) in [5.41, 5.74) is 0.322. The third-order valence-electron chi connectivity index (χ3n) is 3.61. The molecule has 5 heteroatoms. The molecule has 2 heterocycles. The van der Waals surface area contributed by atoms with E-state index in [2.05, 4.69) is 15.6 Å². The van der Waals surface area contributed by atoms with Gasteiger partial charge in [-0.1, -0.05) is 0 Å². The van der Waals surface area contributed by atoms with Crippen molar-refractivity contribution < 1.29 is 4.74 Å². The molecule has 0 bridgehead atoms. The Morgan fingerprint density at radius 2 is 2.33 bits per heavy atom. The van der Waals surface area contributed by atoms with E-state index in [1.807, 2.05) is 11.6 Å². The molecule has 1 aliphatic heterocycles. The van der Waals surface area contributed by atoms with Crippen LogP contribution in [0.1, 0.15) is 17.8 Å². The third kappa shape index (κ3) is 4.02. The SMILES string of the molecule is COCC1(CNCCc2nccs2)CCNCC1. The van der Waals surface area contributed by atoms with E-state index in [9.17, 15) is 0 Å². The molecular weight excluding hydrogens is 246 g/mol. The second-order valence-corrected chi connectivity index (χ2v) is 6.01. The average molecular weight is 269 g/mol. The highest BCUT2D eigenvalue weighted by Crippen LogP contribution is 2.28. The van der Waals surface area contributed by atoms with Crippen molar-refractivity contribution in [3.63, 3.8) is 0 Å². The molecule has 102 valence electrons. The molecule has 2 N–H and O–H groups in total. The number of nitrogens with one attached hydrogen (secondary N) is 2. The van der Waals surface area contributed by atoms with E-state index in [0.29, 0.717) is 5.41 Å². The normalized spacial score (nSPS) is 18.9. The van der Waals surface area contributed by atoms with Gasteiger partial charge in [0.25, 0.3) is 0 Å². The fourth-order valence-corrected chi connectivity index (χ4v) is 3.18. The minimum absolute atomic E-state index is 0.322. The van der Waals surface area contributed by atoms with Crippen molar-refractivity contribution in [1.82, 2.24) is 15.6 Å². The molecular formula is C13H23N3OS. The zero-order valence-electron chi connectivity index (χ0n) is 11.1. The number of rotatable bonds is 7. The highest BCUT2D eigenvalue weighted by molar-refractivity contribution is 7.09. The minimum Gasteiger partial charge on any atom is -0.384 e. The first-order valence-corrected chi connectivity index (χ1v) is 7.51. The molecule has 4 nitrogen and oxygen atoms in total. The summed E-state index contributed by atoms with van der Waals surface area (Å²) in [5.74, 6) is 0. The Kier molecular flexibility index (Phi) is 5.56. The summed E-state index contributed by atoms with van der Waals surface area (Å²) in [6.07, 6.45) is 5.30. The van der Waals surface area contributed by atoms with E-state index >= 15 is 0 Å². The molecule has 0 amide bonds. The summed E-state index contributed by atoms with van der Waals surface area (Å²) in [7, 11) is 1.80. The fraction of sp³-hybridized carbons (Fsp3) is 0.769. The minimum atomic E-state index is 0.322. The molecule has 18 heavy (non-hydrogen) atoms. The number of nitrogens with zero attached hydrogens (tertiary/aromatic N) is 1. The largest absolute Gasteiger partial charge is 0.384 e. The van der Waals surface area contributed by atoms with Crippen molar-refractivity contribution in [2.75, 3.05) is 39.9 Å². The fourth-order valence-electron chi connectivity index (χ4n) is 2.56. The number of ether oxygens (including phenoxy) is 1. The number of hydrogen-bond acceptors (Lipinski definition) is 5. The van der Waals surface area contributed by atoms with E-state index in [4.69, 9.17) is 4.74 Å². The van der Waals surface area contributed by atoms with Gasteiger partial charge in [-0.15, -0.1) is 11.3 Å². The van der Waals surface area contributed by atoms with E-state index in [1.165, 1.54) is 17.8 Å². The Morgan fingerprint density at radius 3 is 3.00 bits per heavy atom. The first-order chi connectivity index (χ1) is 8.85. The van der Waals surface area contributed by atoms with Gasteiger partial charge in [-0.3, -0.25) is 0 Å². The van der Waals surface area contributed by atoms with Gasteiger partial charge < -0.3 is 15.4 Å². The van der Waals surface area contributed by atoms with Gasteiger partial charge in [0.15, 0.2) is 0 Å². The smallest absolute Gasteiger partial charge is 0.0937 e. The molecule has 1 aromatic heterocycles. The Balaban J connectivity index is 1.72. The monoisotopic (exact) mass is 269 g/mol. The summed E-state index contributed by atoms with van der Waals surface area (Å²) in [4.78, 5) is 4.30. The zero-order valence-corrected chi connectivity index (χ0v) is 11.9. The van der Waals surface area contributed by atoms with Gasteiger partial charge in [0.05, 0.1) is 11.6 Å². The van der Waals surface area contributed by atoms with E-state index in [-0.39, 0.29) is 0 Å². The molecule has 1 aromatic rings. The topological polar surface area (TPSA) is 46.2 Å². The summed E-state index contributed by atoms with van der Waals surface area (Å²) in [6, 6.07) is 0. The lowest BCUT2D eigenvalue weighted by atomic mass is 9.79. The van der Waals surface area contributed by atoms with Crippen molar-refractivity contribution in [3.8, 4) is 0 Å². The van der Waals surface area contributed by atoms with Crippen LogP contribution in [0.5, 0.6) is 0 Å². The van der Waals surface area contributed by atoms with Crippen LogP contribution in [0.3, 0.4) is 0 Å². The van der Waals surface area contributed by atoms with Crippen LogP contribution in [0.25, 0.3) is 0 Å². The summed E-state index contributed by atoms with van der Waals surface area (Å²) in [5, 5.41) is 10.2. The number of hydrogen-bond donors (Lipinski definition) is 2. The highest BCUT2D eigenvalue weighted by Gasteiger charge is 2.31.